The molecule has 0 fully saturated rings. The molecule has 0 amide bonds. The fourth-order valence-corrected chi connectivity index (χ4v) is 2.27. The van der Waals surface area contributed by atoms with Gasteiger partial charge in [-0.2, -0.15) is 0 Å². The molecule has 1 aliphatic rings. The summed E-state index contributed by atoms with van der Waals surface area (Å²) in [5.74, 6) is 0.930. The quantitative estimate of drug-likeness (QED) is 0.568. The lowest BCUT2D eigenvalue weighted by atomic mass is 10.1. The Labute approximate surface area is 145 Å². The highest BCUT2D eigenvalue weighted by Crippen LogP contribution is 2.32. The lowest BCUT2D eigenvalue weighted by Gasteiger charge is -2.07. The summed E-state index contributed by atoms with van der Waals surface area (Å²) in [4.78, 5) is 24.2. The summed E-state index contributed by atoms with van der Waals surface area (Å²) >= 11 is 0. The Bertz CT molecular complexity index is 766. The average Bonchev–Trinajstić information content (AvgIpc) is 3.12. The molecular weight excluding hydrogens is 324 g/mol. The zero-order valence-electron chi connectivity index (χ0n) is 13.8. The van der Waals surface area contributed by atoms with E-state index in [0.717, 1.165) is 6.42 Å². The van der Waals surface area contributed by atoms with E-state index < -0.39 is 5.97 Å². The number of carbonyl (C=O) groups excluding carboxylic acids is 2. The van der Waals surface area contributed by atoms with E-state index in [4.69, 9.17) is 18.9 Å². The number of hydrogen-bond donors (Lipinski definition) is 0. The van der Waals surface area contributed by atoms with Crippen LogP contribution < -0.4 is 14.2 Å². The molecule has 2 aromatic carbocycles. The van der Waals surface area contributed by atoms with Gasteiger partial charge in [0.15, 0.2) is 23.9 Å². The highest BCUT2D eigenvalue weighted by atomic mass is 16.7. The Morgan fingerprint density at radius 2 is 1.72 bits per heavy atom. The molecule has 0 saturated heterocycles. The third-order valence-electron chi connectivity index (χ3n) is 3.59. The summed E-state index contributed by atoms with van der Waals surface area (Å²) in [5, 5.41) is 0. The third kappa shape index (κ3) is 4.09. The third-order valence-corrected chi connectivity index (χ3v) is 3.59. The Hall–Kier alpha value is -3.02. The highest BCUT2D eigenvalue weighted by molar-refractivity contribution is 5.99. The molecule has 6 nitrogen and oxygen atoms in total. The molecule has 0 spiro atoms. The van der Waals surface area contributed by atoms with Gasteiger partial charge in [0.1, 0.15) is 5.75 Å². The maximum absolute atomic E-state index is 12.2. The minimum absolute atomic E-state index is 0.139. The van der Waals surface area contributed by atoms with Crippen LogP contribution in [0.3, 0.4) is 0 Å². The number of Topliss-reactive ketones (excluding diaryl/α,β-unsaturated/α-hetero) is 1. The van der Waals surface area contributed by atoms with Crippen LogP contribution in [0.2, 0.25) is 0 Å². The summed E-state index contributed by atoms with van der Waals surface area (Å²) < 4.78 is 21.0. The van der Waals surface area contributed by atoms with Crippen LogP contribution in [0.1, 0.15) is 34.1 Å². The summed E-state index contributed by atoms with van der Waals surface area (Å²) in [7, 11) is 0. The van der Waals surface area contributed by atoms with E-state index in [1.807, 2.05) is 6.92 Å². The van der Waals surface area contributed by atoms with Crippen LogP contribution in [0.15, 0.2) is 42.5 Å². The highest BCUT2D eigenvalue weighted by Gasteiger charge is 2.17. The van der Waals surface area contributed by atoms with Crippen molar-refractivity contribution in [3.8, 4) is 17.2 Å². The first-order chi connectivity index (χ1) is 12.2. The van der Waals surface area contributed by atoms with E-state index in [1.54, 1.807) is 42.5 Å². The monoisotopic (exact) mass is 342 g/mol. The smallest absolute Gasteiger partial charge is 0.338 e. The van der Waals surface area contributed by atoms with Crippen molar-refractivity contribution < 1.29 is 28.5 Å². The minimum atomic E-state index is -0.559. The Morgan fingerprint density at radius 1 is 1.00 bits per heavy atom. The van der Waals surface area contributed by atoms with Crippen molar-refractivity contribution in [3.05, 3.63) is 53.6 Å². The van der Waals surface area contributed by atoms with Gasteiger partial charge >= 0.3 is 5.97 Å². The molecule has 0 atom stereocenters. The second kappa shape index (κ2) is 7.70. The first-order valence-electron chi connectivity index (χ1n) is 8.00. The van der Waals surface area contributed by atoms with Gasteiger partial charge in [-0.25, -0.2) is 4.79 Å². The van der Waals surface area contributed by atoms with Crippen LogP contribution >= 0.6 is 0 Å². The van der Waals surface area contributed by atoms with Gasteiger partial charge in [0.25, 0.3) is 0 Å². The standard InChI is InChI=1S/C19H18O6/c1-2-9-22-15-6-3-13(4-7-15)19(21)23-11-16(20)14-5-8-17-18(10-14)25-12-24-17/h3-8,10H,2,9,11-12H2,1H3. The molecule has 6 heteroatoms. The summed E-state index contributed by atoms with van der Waals surface area (Å²) in [6, 6.07) is 11.5. The van der Waals surface area contributed by atoms with Gasteiger partial charge in [0, 0.05) is 5.56 Å². The molecular formula is C19H18O6. The van der Waals surface area contributed by atoms with Crippen molar-refractivity contribution in [2.45, 2.75) is 13.3 Å². The Morgan fingerprint density at radius 3 is 2.48 bits per heavy atom. The molecule has 1 aliphatic heterocycles. The van der Waals surface area contributed by atoms with Crippen LogP contribution in [-0.4, -0.2) is 31.8 Å². The molecule has 0 unspecified atom stereocenters. The number of hydrogen-bond acceptors (Lipinski definition) is 6. The van der Waals surface area contributed by atoms with Crippen LogP contribution in [0.4, 0.5) is 0 Å². The van der Waals surface area contributed by atoms with Gasteiger partial charge in [-0.05, 0) is 48.9 Å². The molecule has 0 bridgehead atoms. The first kappa shape index (κ1) is 16.8. The largest absolute Gasteiger partial charge is 0.494 e. The van der Waals surface area contributed by atoms with Gasteiger partial charge in [-0.1, -0.05) is 6.92 Å². The molecule has 130 valence electrons. The predicted molar refractivity (Wildman–Crippen MR) is 89.4 cm³/mol. The fourth-order valence-electron chi connectivity index (χ4n) is 2.27. The second-order valence-corrected chi connectivity index (χ2v) is 5.44. The normalized spacial score (nSPS) is 11.9. The van der Waals surface area contributed by atoms with Crippen LogP contribution in [0.25, 0.3) is 0 Å². The van der Waals surface area contributed by atoms with Crippen molar-refractivity contribution in [2.24, 2.45) is 0 Å². The summed E-state index contributed by atoms with van der Waals surface area (Å²) in [5.41, 5.74) is 0.766. The molecule has 0 N–H and O–H groups in total. The van der Waals surface area contributed by atoms with E-state index in [-0.39, 0.29) is 19.2 Å². The van der Waals surface area contributed by atoms with Crippen molar-refractivity contribution >= 4 is 11.8 Å². The topological polar surface area (TPSA) is 71.1 Å². The van der Waals surface area contributed by atoms with E-state index >= 15 is 0 Å². The average molecular weight is 342 g/mol. The lowest BCUT2D eigenvalue weighted by molar-refractivity contribution is 0.0474. The number of fused-ring (bicyclic) bond motifs is 1. The molecule has 0 saturated carbocycles. The van der Waals surface area contributed by atoms with Gasteiger partial charge < -0.3 is 18.9 Å². The first-order valence-corrected chi connectivity index (χ1v) is 8.00. The van der Waals surface area contributed by atoms with Crippen molar-refractivity contribution in [1.82, 2.24) is 0 Å². The van der Waals surface area contributed by atoms with E-state index in [9.17, 15) is 9.59 Å². The van der Waals surface area contributed by atoms with Crippen LogP contribution in [0, 0.1) is 0 Å². The van der Waals surface area contributed by atoms with Crippen LogP contribution in [-0.2, 0) is 4.74 Å². The molecule has 1 heterocycles. The van der Waals surface area contributed by atoms with Gasteiger partial charge in [-0.15, -0.1) is 0 Å². The number of benzene rings is 2. The van der Waals surface area contributed by atoms with Crippen molar-refractivity contribution in [2.75, 3.05) is 20.0 Å². The molecule has 0 aliphatic carbocycles. The molecule has 0 aromatic heterocycles. The number of ether oxygens (including phenoxy) is 4. The zero-order valence-corrected chi connectivity index (χ0v) is 13.8. The SMILES string of the molecule is CCCOc1ccc(C(=O)OCC(=O)c2ccc3c(c2)OCO3)cc1. The number of carbonyl (C=O) groups is 2. The van der Waals surface area contributed by atoms with Gasteiger partial charge in [0.2, 0.25) is 6.79 Å². The number of rotatable bonds is 7. The van der Waals surface area contributed by atoms with Gasteiger partial charge in [0.05, 0.1) is 12.2 Å². The molecule has 2 aromatic rings. The molecule has 0 radical (unpaired) electrons. The Balaban J connectivity index is 1.55. The van der Waals surface area contributed by atoms with E-state index in [0.29, 0.717) is 35.0 Å². The molecule has 3 rings (SSSR count). The summed E-state index contributed by atoms with van der Waals surface area (Å²) in [6.45, 7) is 2.43. The van der Waals surface area contributed by atoms with E-state index in [2.05, 4.69) is 0 Å². The number of esters is 1. The maximum atomic E-state index is 12.2. The predicted octanol–water partition coefficient (Wildman–Crippen LogP) is 3.24. The Kier molecular flexibility index (Phi) is 5.18. The molecule has 25 heavy (non-hydrogen) atoms. The van der Waals surface area contributed by atoms with Crippen molar-refractivity contribution in [3.63, 3.8) is 0 Å². The fraction of sp³-hybridized carbons (Fsp3) is 0.263. The lowest BCUT2D eigenvalue weighted by Crippen LogP contribution is -2.14. The summed E-state index contributed by atoms with van der Waals surface area (Å²) in [6.07, 6.45) is 0.908. The van der Waals surface area contributed by atoms with Gasteiger partial charge in [-0.3, -0.25) is 4.79 Å². The number of ketones is 1. The minimum Gasteiger partial charge on any atom is -0.494 e. The van der Waals surface area contributed by atoms with Crippen molar-refractivity contribution in [1.29, 1.82) is 0 Å². The second-order valence-electron chi connectivity index (χ2n) is 5.44. The van der Waals surface area contributed by atoms with Crippen LogP contribution in [0.5, 0.6) is 17.2 Å². The maximum Gasteiger partial charge on any atom is 0.338 e. The van der Waals surface area contributed by atoms with E-state index in [1.165, 1.54) is 0 Å². The zero-order chi connectivity index (χ0) is 17.6.